The van der Waals surface area contributed by atoms with Gasteiger partial charge in [0.15, 0.2) is 0 Å². The minimum absolute atomic E-state index is 0.326. The third-order valence-electron chi connectivity index (χ3n) is 4.34. The minimum atomic E-state index is 0.326. The van der Waals surface area contributed by atoms with E-state index < -0.39 is 0 Å². The molecule has 3 nitrogen and oxygen atoms in total. The maximum atomic E-state index is 12.4. The third kappa shape index (κ3) is 3.60. The van der Waals surface area contributed by atoms with Gasteiger partial charge in [-0.15, -0.1) is 0 Å². The van der Waals surface area contributed by atoms with Gasteiger partial charge in [0.05, 0.1) is 6.54 Å². The van der Waals surface area contributed by atoms with Crippen molar-refractivity contribution in [2.45, 2.75) is 44.7 Å². The lowest BCUT2D eigenvalue weighted by Crippen LogP contribution is -2.43. The van der Waals surface area contributed by atoms with Crippen LogP contribution in [0.15, 0.2) is 30.3 Å². The number of benzene rings is 1. The van der Waals surface area contributed by atoms with Crippen molar-refractivity contribution in [3.05, 3.63) is 35.9 Å². The number of amides is 1. The van der Waals surface area contributed by atoms with Gasteiger partial charge in [-0.2, -0.15) is 0 Å². The van der Waals surface area contributed by atoms with Crippen molar-refractivity contribution in [1.29, 1.82) is 0 Å². The van der Waals surface area contributed by atoms with E-state index in [4.69, 9.17) is 0 Å². The van der Waals surface area contributed by atoms with Gasteiger partial charge in [0.1, 0.15) is 0 Å². The molecule has 0 unspecified atom stereocenters. The van der Waals surface area contributed by atoms with E-state index in [-0.39, 0.29) is 0 Å². The molecule has 0 spiro atoms. The van der Waals surface area contributed by atoms with Crippen LogP contribution in [0.2, 0.25) is 0 Å². The Morgan fingerprint density at radius 2 is 1.80 bits per heavy atom. The minimum Gasteiger partial charge on any atom is -0.342 e. The maximum Gasteiger partial charge on any atom is 0.236 e. The SMILES string of the molecule is O=C(CN(Cc1ccccc1)C1CC1)N1CCCCC1. The first-order valence-electron chi connectivity index (χ1n) is 7.89. The summed E-state index contributed by atoms with van der Waals surface area (Å²) in [7, 11) is 0. The van der Waals surface area contributed by atoms with Crippen LogP contribution in [0, 0.1) is 0 Å². The number of piperidine rings is 1. The highest BCUT2D eigenvalue weighted by atomic mass is 16.2. The Morgan fingerprint density at radius 3 is 2.45 bits per heavy atom. The number of carbonyl (C=O) groups is 1. The molecule has 20 heavy (non-hydrogen) atoms. The fourth-order valence-corrected chi connectivity index (χ4v) is 2.99. The first kappa shape index (κ1) is 13.6. The maximum absolute atomic E-state index is 12.4. The molecule has 1 aliphatic heterocycles. The molecule has 2 aliphatic rings. The Bertz CT molecular complexity index is 436. The summed E-state index contributed by atoms with van der Waals surface area (Å²) in [5.74, 6) is 0.326. The Hall–Kier alpha value is -1.35. The predicted molar refractivity (Wildman–Crippen MR) is 80.3 cm³/mol. The molecule has 1 saturated carbocycles. The van der Waals surface area contributed by atoms with Crippen molar-refractivity contribution in [3.63, 3.8) is 0 Å². The van der Waals surface area contributed by atoms with E-state index in [0.29, 0.717) is 18.5 Å². The van der Waals surface area contributed by atoms with Crippen LogP contribution in [-0.2, 0) is 11.3 Å². The first-order chi connectivity index (χ1) is 9.83. The number of hydrogen-bond acceptors (Lipinski definition) is 2. The molecular weight excluding hydrogens is 248 g/mol. The predicted octanol–water partition coefficient (Wildman–Crippen LogP) is 2.66. The van der Waals surface area contributed by atoms with Gasteiger partial charge in [0, 0.05) is 25.7 Å². The van der Waals surface area contributed by atoms with Crippen molar-refractivity contribution in [1.82, 2.24) is 9.80 Å². The van der Waals surface area contributed by atoms with Gasteiger partial charge >= 0.3 is 0 Å². The zero-order valence-corrected chi connectivity index (χ0v) is 12.1. The smallest absolute Gasteiger partial charge is 0.236 e. The molecule has 0 atom stereocenters. The van der Waals surface area contributed by atoms with Crippen LogP contribution in [0.3, 0.4) is 0 Å². The molecule has 1 amide bonds. The molecule has 108 valence electrons. The second-order valence-corrected chi connectivity index (χ2v) is 6.06. The highest BCUT2D eigenvalue weighted by Gasteiger charge is 2.31. The number of nitrogens with zero attached hydrogens (tertiary/aromatic N) is 2. The lowest BCUT2D eigenvalue weighted by molar-refractivity contribution is -0.133. The van der Waals surface area contributed by atoms with Crippen molar-refractivity contribution < 1.29 is 4.79 Å². The lowest BCUT2D eigenvalue weighted by atomic mass is 10.1. The van der Waals surface area contributed by atoms with Crippen LogP contribution < -0.4 is 0 Å². The Labute approximate surface area is 121 Å². The fraction of sp³-hybridized carbons (Fsp3) is 0.588. The Balaban J connectivity index is 1.58. The molecule has 0 N–H and O–H groups in total. The summed E-state index contributed by atoms with van der Waals surface area (Å²) in [5.41, 5.74) is 1.31. The summed E-state index contributed by atoms with van der Waals surface area (Å²) in [4.78, 5) is 16.8. The van der Waals surface area contributed by atoms with E-state index in [9.17, 15) is 4.79 Å². The van der Waals surface area contributed by atoms with Gasteiger partial charge in [0.25, 0.3) is 0 Å². The van der Waals surface area contributed by atoms with E-state index >= 15 is 0 Å². The molecule has 2 fully saturated rings. The molecule has 3 rings (SSSR count). The molecule has 0 radical (unpaired) electrons. The van der Waals surface area contributed by atoms with Crippen molar-refractivity contribution >= 4 is 5.91 Å². The average Bonchev–Trinajstić information content (AvgIpc) is 3.33. The third-order valence-corrected chi connectivity index (χ3v) is 4.34. The number of rotatable bonds is 5. The molecule has 0 aromatic heterocycles. The second kappa shape index (κ2) is 6.40. The molecule has 1 heterocycles. The second-order valence-electron chi connectivity index (χ2n) is 6.06. The average molecular weight is 272 g/mol. The molecule has 3 heteroatoms. The summed E-state index contributed by atoms with van der Waals surface area (Å²) in [5, 5.41) is 0. The summed E-state index contributed by atoms with van der Waals surface area (Å²) in [6.07, 6.45) is 6.13. The monoisotopic (exact) mass is 272 g/mol. The highest BCUT2D eigenvalue weighted by molar-refractivity contribution is 5.78. The van der Waals surface area contributed by atoms with Crippen molar-refractivity contribution in [3.8, 4) is 0 Å². The van der Waals surface area contributed by atoms with E-state index in [0.717, 1.165) is 19.6 Å². The highest BCUT2D eigenvalue weighted by Crippen LogP contribution is 2.28. The van der Waals surface area contributed by atoms with Crippen molar-refractivity contribution in [2.75, 3.05) is 19.6 Å². The van der Waals surface area contributed by atoms with Crippen LogP contribution in [-0.4, -0.2) is 41.4 Å². The van der Waals surface area contributed by atoms with Gasteiger partial charge < -0.3 is 4.90 Å². The van der Waals surface area contributed by atoms with Crippen LogP contribution in [0.1, 0.15) is 37.7 Å². The molecule has 1 saturated heterocycles. The molecule has 0 bridgehead atoms. The quantitative estimate of drug-likeness (QED) is 0.822. The molecule has 1 aromatic rings. The Morgan fingerprint density at radius 1 is 1.10 bits per heavy atom. The van der Waals surface area contributed by atoms with Gasteiger partial charge in [-0.1, -0.05) is 30.3 Å². The topological polar surface area (TPSA) is 23.6 Å². The number of hydrogen-bond donors (Lipinski definition) is 0. The standard InChI is InChI=1S/C17H24N2O/c20-17(18-11-5-2-6-12-18)14-19(16-9-10-16)13-15-7-3-1-4-8-15/h1,3-4,7-8,16H,2,5-6,9-14H2. The lowest BCUT2D eigenvalue weighted by Gasteiger charge is -2.30. The van der Waals surface area contributed by atoms with Gasteiger partial charge in [-0.05, 0) is 37.7 Å². The Kier molecular flexibility index (Phi) is 4.36. The van der Waals surface area contributed by atoms with Crippen LogP contribution >= 0.6 is 0 Å². The molecular formula is C17H24N2O. The summed E-state index contributed by atoms with van der Waals surface area (Å²) >= 11 is 0. The normalized spacial score (nSPS) is 19.4. The zero-order valence-electron chi connectivity index (χ0n) is 12.1. The van der Waals surface area contributed by atoms with Crippen LogP contribution in [0.4, 0.5) is 0 Å². The van der Waals surface area contributed by atoms with E-state index in [1.807, 2.05) is 6.07 Å². The van der Waals surface area contributed by atoms with E-state index in [1.165, 1.54) is 37.7 Å². The van der Waals surface area contributed by atoms with Crippen molar-refractivity contribution in [2.24, 2.45) is 0 Å². The largest absolute Gasteiger partial charge is 0.342 e. The van der Waals surface area contributed by atoms with Gasteiger partial charge in [-0.3, -0.25) is 9.69 Å². The van der Waals surface area contributed by atoms with Gasteiger partial charge in [-0.25, -0.2) is 0 Å². The molecule has 1 aromatic carbocycles. The van der Waals surface area contributed by atoms with Crippen LogP contribution in [0.25, 0.3) is 0 Å². The molecule has 1 aliphatic carbocycles. The van der Waals surface area contributed by atoms with Gasteiger partial charge in [0.2, 0.25) is 5.91 Å². The zero-order chi connectivity index (χ0) is 13.8. The van der Waals surface area contributed by atoms with E-state index in [2.05, 4.69) is 34.1 Å². The summed E-state index contributed by atoms with van der Waals surface area (Å²) in [6, 6.07) is 11.1. The number of likely N-dealkylation sites (tertiary alicyclic amines) is 1. The fourth-order valence-electron chi connectivity index (χ4n) is 2.99. The van der Waals surface area contributed by atoms with E-state index in [1.54, 1.807) is 0 Å². The summed E-state index contributed by atoms with van der Waals surface area (Å²) < 4.78 is 0. The van der Waals surface area contributed by atoms with Crippen LogP contribution in [0.5, 0.6) is 0 Å². The number of carbonyl (C=O) groups excluding carboxylic acids is 1. The summed E-state index contributed by atoms with van der Waals surface area (Å²) in [6.45, 7) is 3.43. The first-order valence-corrected chi connectivity index (χ1v) is 7.89.